The number of nitrogens with zero attached hydrogens (tertiary/aromatic N) is 4. The molecule has 0 saturated heterocycles. The van der Waals surface area contributed by atoms with Crippen molar-refractivity contribution in [2.75, 3.05) is 12.3 Å². The first-order valence-electron chi connectivity index (χ1n) is 9.37. The van der Waals surface area contributed by atoms with Gasteiger partial charge in [-0.3, -0.25) is 14.3 Å². The number of carbonyl (C=O) groups is 1. The minimum atomic E-state index is 0.00733. The van der Waals surface area contributed by atoms with Crippen LogP contribution in [0, 0.1) is 12.8 Å². The van der Waals surface area contributed by atoms with Crippen molar-refractivity contribution >= 4 is 17.7 Å². The summed E-state index contributed by atoms with van der Waals surface area (Å²) in [4.78, 5) is 16.4. The van der Waals surface area contributed by atoms with Crippen molar-refractivity contribution in [3.05, 3.63) is 54.4 Å². The number of aryl methyl sites for hydroxylation is 1. The second-order valence-corrected chi connectivity index (χ2v) is 7.93. The highest BCUT2D eigenvalue weighted by molar-refractivity contribution is 7.99. The van der Waals surface area contributed by atoms with E-state index in [0.29, 0.717) is 29.2 Å². The van der Waals surface area contributed by atoms with E-state index < -0.39 is 0 Å². The molecule has 0 radical (unpaired) electrons. The summed E-state index contributed by atoms with van der Waals surface area (Å²) >= 11 is 1.39. The molecule has 1 aromatic carbocycles. The fourth-order valence-corrected chi connectivity index (χ4v) is 3.53. The van der Waals surface area contributed by atoms with Gasteiger partial charge in [0.1, 0.15) is 0 Å². The molecule has 6 nitrogen and oxygen atoms in total. The highest BCUT2D eigenvalue weighted by Crippen LogP contribution is 2.28. The van der Waals surface area contributed by atoms with E-state index in [2.05, 4.69) is 47.3 Å². The van der Waals surface area contributed by atoms with Gasteiger partial charge in [0.25, 0.3) is 0 Å². The Morgan fingerprint density at radius 3 is 2.71 bits per heavy atom. The zero-order valence-corrected chi connectivity index (χ0v) is 17.2. The maximum absolute atomic E-state index is 12.2. The quantitative estimate of drug-likeness (QED) is 0.586. The number of hydrogen-bond acceptors (Lipinski definition) is 5. The lowest BCUT2D eigenvalue weighted by Gasteiger charge is -2.13. The summed E-state index contributed by atoms with van der Waals surface area (Å²) in [6.45, 7) is 7.04. The Morgan fingerprint density at radius 2 is 2.00 bits per heavy atom. The van der Waals surface area contributed by atoms with Gasteiger partial charge in [-0.1, -0.05) is 43.8 Å². The average Bonchev–Trinajstić information content (AvgIpc) is 3.11. The third-order valence-corrected chi connectivity index (χ3v) is 5.21. The zero-order valence-electron chi connectivity index (χ0n) is 16.4. The van der Waals surface area contributed by atoms with Gasteiger partial charge in [0.15, 0.2) is 11.0 Å². The van der Waals surface area contributed by atoms with Gasteiger partial charge in [-0.15, -0.1) is 10.2 Å². The lowest BCUT2D eigenvalue weighted by molar-refractivity contribution is -0.118. The average molecular weight is 396 g/mol. The van der Waals surface area contributed by atoms with E-state index in [1.165, 1.54) is 11.8 Å². The number of hydrogen-bond donors (Lipinski definition) is 1. The number of thioether (sulfide) groups is 1. The van der Waals surface area contributed by atoms with Crippen LogP contribution >= 0.6 is 11.8 Å². The summed E-state index contributed by atoms with van der Waals surface area (Å²) in [7, 11) is 0. The maximum Gasteiger partial charge on any atom is 0.230 e. The normalized spacial score (nSPS) is 11.0. The molecule has 2 aromatic heterocycles. The Kier molecular flexibility index (Phi) is 6.81. The van der Waals surface area contributed by atoms with Gasteiger partial charge in [0.2, 0.25) is 5.91 Å². The standard InChI is InChI=1S/C21H25N5OS/c1-15(2)10-12-23-19(27)14-28-21-25-24-20(17-8-6-11-22-13-17)26(21)18-9-5-4-7-16(18)3/h4-9,11,13,15H,10,12,14H2,1-3H3,(H,23,27). The van der Waals surface area contributed by atoms with Crippen LogP contribution in [0.5, 0.6) is 0 Å². The first-order chi connectivity index (χ1) is 13.6. The Labute approximate surface area is 169 Å². The lowest BCUT2D eigenvalue weighted by atomic mass is 10.1. The minimum Gasteiger partial charge on any atom is -0.355 e. The third-order valence-electron chi connectivity index (χ3n) is 4.29. The molecule has 0 atom stereocenters. The van der Waals surface area contributed by atoms with Crippen molar-refractivity contribution in [1.29, 1.82) is 0 Å². The van der Waals surface area contributed by atoms with Crippen LogP contribution in [0.4, 0.5) is 0 Å². The molecule has 0 saturated carbocycles. The second kappa shape index (κ2) is 9.50. The van der Waals surface area contributed by atoms with E-state index in [0.717, 1.165) is 23.2 Å². The molecular formula is C21H25N5OS. The van der Waals surface area contributed by atoms with Crippen LogP contribution in [0.1, 0.15) is 25.8 Å². The second-order valence-electron chi connectivity index (χ2n) is 6.99. The topological polar surface area (TPSA) is 72.7 Å². The summed E-state index contributed by atoms with van der Waals surface area (Å²) in [6.07, 6.45) is 4.47. The predicted octanol–water partition coefficient (Wildman–Crippen LogP) is 3.89. The van der Waals surface area contributed by atoms with E-state index >= 15 is 0 Å². The van der Waals surface area contributed by atoms with Crippen LogP contribution in [-0.2, 0) is 4.79 Å². The molecule has 3 aromatic rings. The van der Waals surface area contributed by atoms with E-state index in [4.69, 9.17) is 0 Å². The number of pyridine rings is 1. The molecule has 146 valence electrons. The Balaban J connectivity index is 1.85. The molecular weight excluding hydrogens is 370 g/mol. The van der Waals surface area contributed by atoms with Gasteiger partial charge in [-0.25, -0.2) is 0 Å². The van der Waals surface area contributed by atoms with Crippen LogP contribution in [0.25, 0.3) is 17.1 Å². The zero-order chi connectivity index (χ0) is 19.9. The Hall–Kier alpha value is -2.67. The fraction of sp³-hybridized carbons (Fsp3) is 0.333. The van der Waals surface area contributed by atoms with Gasteiger partial charge < -0.3 is 5.32 Å². The van der Waals surface area contributed by atoms with Gasteiger partial charge in [-0.2, -0.15) is 0 Å². The summed E-state index contributed by atoms with van der Waals surface area (Å²) in [5.74, 6) is 1.59. The highest BCUT2D eigenvalue weighted by atomic mass is 32.2. The molecule has 2 heterocycles. The maximum atomic E-state index is 12.2. The van der Waals surface area contributed by atoms with Crippen molar-refractivity contribution in [2.45, 2.75) is 32.3 Å². The number of nitrogens with one attached hydrogen (secondary N) is 1. The van der Waals surface area contributed by atoms with Crippen molar-refractivity contribution in [3.8, 4) is 17.1 Å². The van der Waals surface area contributed by atoms with Gasteiger partial charge in [0, 0.05) is 24.5 Å². The van der Waals surface area contributed by atoms with Crippen LogP contribution < -0.4 is 5.32 Å². The van der Waals surface area contributed by atoms with Gasteiger partial charge in [0.05, 0.1) is 11.4 Å². The van der Waals surface area contributed by atoms with Crippen LogP contribution in [0.15, 0.2) is 53.9 Å². The molecule has 0 unspecified atom stereocenters. The molecule has 0 aliphatic rings. The summed E-state index contributed by atoms with van der Waals surface area (Å²) in [5, 5.41) is 12.4. The van der Waals surface area contributed by atoms with Gasteiger partial charge >= 0.3 is 0 Å². The summed E-state index contributed by atoms with van der Waals surface area (Å²) in [6, 6.07) is 11.9. The van der Waals surface area contributed by atoms with E-state index in [-0.39, 0.29) is 5.91 Å². The minimum absolute atomic E-state index is 0.00733. The number of rotatable bonds is 8. The molecule has 1 N–H and O–H groups in total. The molecule has 28 heavy (non-hydrogen) atoms. The molecule has 0 bridgehead atoms. The number of benzene rings is 1. The number of carbonyl (C=O) groups excluding carboxylic acids is 1. The number of para-hydroxylation sites is 1. The Morgan fingerprint density at radius 1 is 1.18 bits per heavy atom. The first-order valence-corrected chi connectivity index (χ1v) is 10.4. The summed E-state index contributed by atoms with van der Waals surface area (Å²) < 4.78 is 2.00. The fourth-order valence-electron chi connectivity index (χ4n) is 2.76. The van der Waals surface area contributed by atoms with Crippen LogP contribution in [0.2, 0.25) is 0 Å². The van der Waals surface area contributed by atoms with Crippen LogP contribution in [-0.4, -0.2) is 38.0 Å². The number of aromatic nitrogens is 4. The largest absolute Gasteiger partial charge is 0.355 e. The van der Waals surface area contributed by atoms with Crippen LogP contribution in [0.3, 0.4) is 0 Å². The van der Waals surface area contributed by atoms with Crippen molar-refractivity contribution in [2.24, 2.45) is 5.92 Å². The molecule has 0 aliphatic carbocycles. The molecule has 0 aliphatic heterocycles. The highest BCUT2D eigenvalue weighted by Gasteiger charge is 2.18. The summed E-state index contributed by atoms with van der Waals surface area (Å²) in [5.41, 5.74) is 2.98. The monoisotopic (exact) mass is 395 g/mol. The molecule has 0 fully saturated rings. The molecule has 0 spiro atoms. The lowest BCUT2D eigenvalue weighted by Crippen LogP contribution is -2.27. The third kappa shape index (κ3) is 4.98. The SMILES string of the molecule is Cc1ccccc1-n1c(SCC(=O)NCCC(C)C)nnc1-c1cccnc1. The Bertz CT molecular complexity index is 924. The van der Waals surface area contributed by atoms with Crippen molar-refractivity contribution in [3.63, 3.8) is 0 Å². The molecule has 7 heteroatoms. The smallest absolute Gasteiger partial charge is 0.230 e. The van der Waals surface area contributed by atoms with Gasteiger partial charge in [-0.05, 0) is 43.0 Å². The van der Waals surface area contributed by atoms with E-state index in [1.807, 2.05) is 34.9 Å². The predicted molar refractivity (Wildman–Crippen MR) is 113 cm³/mol. The molecule has 1 amide bonds. The number of amides is 1. The first kappa shape index (κ1) is 20.1. The van der Waals surface area contributed by atoms with E-state index in [1.54, 1.807) is 12.4 Å². The van der Waals surface area contributed by atoms with E-state index in [9.17, 15) is 4.79 Å². The van der Waals surface area contributed by atoms with Crippen molar-refractivity contribution < 1.29 is 4.79 Å². The molecule has 3 rings (SSSR count). The van der Waals surface area contributed by atoms with Crippen molar-refractivity contribution in [1.82, 2.24) is 25.1 Å².